The van der Waals surface area contributed by atoms with Gasteiger partial charge in [-0.1, -0.05) is 31.5 Å². The maximum Gasteiger partial charge on any atom is 0.255 e. The van der Waals surface area contributed by atoms with Crippen molar-refractivity contribution in [1.29, 1.82) is 0 Å². The number of amides is 1. The standard InChI is InChI=1S/C19H25ClN4O.ClH/c1-12(2)18-16(19(25)23-17-8-5-9-21-13(17)3)11-22-24(18)15-7-4-6-14(20)10-15;/h4,6-7,10-13,17,21H,5,8-9H2,1-3H3,(H,23,25);1H. The summed E-state index contributed by atoms with van der Waals surface area (Å²) in [5, 5.41) is 11.7. The number of piperidine rings is 1. The van der Waals surface area contributed by atoms with E-state index in [9.17, 15) is 4.79 Å². The quantitative estimate of drug-likeness (QED) is 0.822. The molecule has 2 N–H and O–H groups in total. The Bertz CT molecular complexity index is 760. The van der Waals surface area contributed by atoms with Crippen molar-refractivity contribution in [2.75, 3.05) is 6.54 Å². The van der Waals surface area contributed by atoms with E-state index < -0.39 is 0 Å². The Balaban J connectivity index is 0.00000243. The van der Waals surface area contributed by atoms with Crippen LogP contribution in [-0.4, -0.2) is 34.3 Å². The highest BCUT2D eigenvalue weighted by Gasteiger charge is 2.26. The van der Waals surface area contributed by atoms with Crippen LogP contribution in [0.2, 0.25) is 5.02 Å². The zero-order valence-electron chi connectivity index (χ0n) is 15.3. The zero-order chi connectivity index (χ0) is 18.0. The number of carbonyl (C=O) groups excluding carboxylic acids is 1. The van der Waals surface area contributed by atoms with Gasteiger partial charge in [-0.05, 0) is 50.4 Å². The number of benzene rings is 1. The third-order valence-electron chi connectivity index (χ3n) is 4.73. The Morgan fingerprint density at radius 2 is 2.19 bits per heavy atom. The fourth-order valence-corrected chi connectivity index (χ4v) is 3.57. The molecule has 1 aromatic carbocycles. The predicted molar refractivity (Wildman–Crippen MR) is 108 cm³/mol. The van der Waals surface area contributed by atoms with E-state index in [1.807, 2.05) is 28.9 Å². The molecule has 26 heavy (non-hydrogen) atoms. The summed E-state index contributed by atoms with van der Waals surface area (Å²) in [7, 11) is 0. The van der Waals surface area contributed by atoms with Crippen molar-refractivity contribution in [2.24, 2.45) is 0 Å². The van der Waals surface area contributed by atoms with Gasteiger partial charge in [-0.2, -0.15) is 5.10 Å². The highest BCUT2D eigenvalue weighted by Crippen LogP contribution is 2.25. The minimum atomic E-state index is -0.0578. The fraction of sp³-hybridized carbons (Fsp3) is 0.474. The van der Waals surface area contributed by atoms with Crippen LogP contribution in [0.5, 0.6) is 0 Å². The lowest BCUT2D eigenvalue weighted by atomic mass is 9.99. The summed E-state index contributed by atoms with van der Waals surface area (Å²) in [4.78, 5) is 12.9. The molecule has 0 bridgehead atoms. The Morgan fingerprint density at radius 3 is 2.85 bits per heavy atom. The Labute approximate surface area is 165 Å². The van der Waals surface area contributed by atoms with Crippen molar-refractivity contribution in [3.63, 3.8) is 0 Å². The van der Waals surface area contributed by atoms with E-state index in [0.29, 0.717) is 10.6 Å². The van der Waals surface area contributed by atoms with Gasteiger partial charge in [0, 0.05) is 17.1 Å². The van der Waals surface area contributed by atoms with Crippen molar-refractivity contribution in [3.8, 4) is 5.69 Å². The largest absolute Gasteiger partial charge is 0.348 e. The Hall–Kier alpha value is -1.56. The first-order valence-corrected chi connectivity index (χ1v) is 9.23. The topological polar surface area (TPSA) is 59.0 Å². The molecule has 142 valence electrons. The van der Waals surface area contributed by atoms with E-state index in [1.165, 1.54) is 0 Å². The molecular weight excluding hydrogens is 371 g/mol. The van der Waals surface area contributed by atoms with Crippen LogP contribution >= 0.6 is 24.0 Å². The third kappa shape index (κ3) is 4.40. The molecule has 3 rings (SSSR count). The number of carbonyl (C=O) groups is 1. The molecule has 1 saturated heterocycles. The minimum absolute atomic E-state index is 0. The van der Waals surface area contributed by atoms with Gasteiger partial charge in [0.1, 0.15) is 0 Å². The number of halogens is 2. The van der Waals surface area contributed by atoms with E-state index in [-0.39, 0.29) is 36.3 Å². The maximum atomic E-state index is 12.9. The number of hydrogen-bond acceptors (Lipinski definition) is 3. The summed E-state index contributed by atoms with van der Waals surface area (Å²) in [6.45, 7) is 7.26. The van der Waals surface area contributed by atoms with Crippen LogP contribution in [0.1, 0.15) is 55.6 Å². The molecular formula is C19H26Cl2N4O. The predicted octanol–water partition coefficient (Wildman–Crippen LogP) is 3.94. The zero-order valence-corrected chi connectivity index (χ0v) is 16.9. The second kappa shape index (κ2) is 8.89. The lowest BCUT2D eigenvalue weighted by Gasteiger charge is -2.30. The molecule has 7 heteroatoms. The molecule has 1 amide bonds. The van der Waals surface area contributed by atoms with E-state index in [0.717, 1.165) is 30.8 Å². The molecule has 2 unspecified atom stereocenters. The summed E-state index contributed by atoms with van der Waals surface area (Å²) in [5.41, 5.74) is 2.40. The van der Waals surface area contributed by atoms with Crippen LogP contribution in [0.15, 0.2) is 30.5 Å². The Morgan fingerprint density at radius 1 is 1.42 bits per heavy atom. The first-order valence-electron chi connectivity index (χ1n) is 8.85. The normalized spacial score (nSPS) is 19.9. The lowest BCUT2D eigenvalue weighted by Crippen LogP contribution is -2.52. The van der Waals surface area contributed by atoms with E-state index in [2.05, 4.69) is 36.5 Å². The fourth-order valence-electron chi connectivity index (χ4n) is 3.39. The van der Waals surface area contributed by atoms with Crippen LogP contribution < -0.4 is 10.6 Å². The van der Waals surface area contributed by atoms with Crippen LogP contribution in [-0.2, 0) is 0 Å². The van der Waals surface area contributed by atoms with Gasteiger partial charge in [0.05, 0.1) is 23.1 Å². The number of nitrogens with zero attached hydrogens (tertiary/aromatic N) is 2. The van der Waals surface area contributed by atoms with Crippen LogP contribution in [0.25, 0.3) is 5.69 Å². The summed E-state index contributed by atoms with van der Waals surface area (Å²) >= 11 is 6.11. The summed E-state index contributed by atoms with van der Waals surface area (Å²) in [6, 6.07) is 7.95. The van der Waals surface area contributed by atoms with Gasteiger partial charge in [-0.25, -0.2) is 4.68 Å². The van der Waals surface area contributed by atoms with Crippen molar-refractivity contribution in [3.05, 3.63) is 46.7 Å². The number of nitrogens with one attached hydrogen (secondary N) is 2. The minimum Gasteiger partial charge on any atom is -0.348 e. The van der Waals surface area contributed by atoms with Gasteiger partial charge in [0.2, 0.25) is 0 Å². The van der Waals surface area contributed by atoms with Crippen molar-refractivity contribution < 1.29 is 4.79 Å². The molecule has 2 atom stereocenters. The average molecular weight is 397 g/mol. The SMILES string of the molecule is CC(C)c1c(C(=O)NC2CCCNC2C)cnn1-c1cccc(Cl)c1.Cl. The van der Waals surface area contributed by atoms with Gasteiger partial charge in [0.25, 0.3) is 5.91 Å². The highest BCUT2D eigenvalue weighted by molar-refractivity contribution is 6.30. The Kier molecular flexibility index (Phi) is 7.09. The molecule has 1 fully saturated rings. The number of hydrogen-bond donors (Lipinski definition) is 2. The van der Waals surface area contributed by atoms with Gasteiger partial charge >= 0.3 is 0 Å². The molecule has 0 radical (unpaired) electrons. The summed E-state index contributed by atoms with van der Waals surface area (Å²) < 4.78 is 1.81. The van der Waals surface area contributed by atoms with Crippen LogP contribution in [0, 0.1) is 0 Å². The molecule has 2 heterocycles. The monoisotopic (exact) mass is 396 g/mol. The molecule has 0 saturated carbocycles. The van der Waals surface area contributed by atoms with E-state index >= 15 is 0 Å². The van der Waals surface area contributed by atoms with E-state index in [4.69, 9.17) is 11.6 Å². The molecule has 2 aromatic rings. The van der Waals surface area contributed by atoms with Crippen molar-refractivity contribution in [2.45, 2.75) is 51.6 Å². The maximum absolute atomic E-state index is 12.9. The van der Waals surface area contributed by atoms with Crippen molar-refractivity contribution >= 4 is 29.9 Å². The molecule has 0 aliphatic carbocycles. The van der Waals surface area contributed by atoms with Gasteiger partial charge in [-0.3, -0.25) is 4.79 Å². The van der Waals surface area contributed by atoms with Gasteiger partial charge in [0.15, 0.2) is 0 Å². The second-order valence-electron chi connectivity index (χ2n) is 6.95. The second-order valence-corrected chi connectivity index (χ2v) is 7.39. The molecule has 1 aliphatic heterocycles. The smallest absolute Gasteiger partial charge is 0.255 e. The lowest BCUT2D eigenvalue weighted by molar-refractivity contribution is 0.0918. The molecule has 1 aliphatic rings. The first-order chi connectivity index (χ1) is 12.0. The first kappa shape index (κ1) is 20.7. The van der Waals surface area contributed by atoms with Gasteiger partial charge in [-0.15, -0.1) is 12.4 Å². The van der Waals surface area contributed by atoms with Crippen LogP contribution in [0.4, 0.5) is 0 Å². The van der Waals surface area contributed by atoms with Crippen LogP contribution in [0.3, 0.4) is 0 Å². The number of rotatable bonds is 4. The molecule has 1 aromatic heterocycles. The summed E-state index contributed by atoms with van der Waals surface area (Å²) in [5.74, 6) is 0.0988. The summed E-state index contributed by atoms with van der Waals surface area (Å²) in [6.07, 6.45) is 3.74. The number of aromatic nitrogens is 2. The average Bonchev–Trinajstić information content (AvgIpc) is 3.02. The van der Waals surface area contributed by atoms with E-state index in [1.54, 1.807) is 6.20 Å². The highest BCUT2D eigenvalue weighted by atomic mass is 35.5. The van der Waals surface area contributed by atoms with Crippen molar-refractivity contribution in [1.82, 2.24) is 20.4 Å². The third-order valence-corrected chi connectivity index (χ3v) is 4.96. The molecule has 0 spiro atoms. The molecule has 5 nitrogen and oxygen atoms in total. The van der Waals surface area contributed by atoms with Gasteiger partial charge < -0.3 is 10.6 Å².